The van der Waals surface area contributed by atoms with Gasteiger partial charge in [-0.05, 0) is 69.5 Å². The van der Waals surface area contributed by atoms with Crippen LogP contribution in [0.3, 0.4) is 0 Å². The lowest BCUT2D eigenvalue weighted by atomic mass is 10.1. The van der Waals surface area contributed by atoms with E-state index in [2.05, 4.69) is 5.32 Å². The lowest BCUT2D eigenvalue weighted by molar-refractivity contribution is -0.142. The fourth-order valence-corrected chi connectivity index (χ4v) is 3.14. The van der Waals surface area contributed by atoms with Gasteiger partial charge >= 0.3 is 0 Å². The predicted molar refractivity (Wildman–Crippen MR) is 116 cm³/mol. The van der Waals surface area contributed by atoms with Crippen molar-refractivity contribution in [3.63, 3.8) is 0 Å². The summed E-state index contributed by atoms with van der Waals surface area (Å²) in [6.07, 6.45) is 0. The Morgan fingerprint density at radius 1 is 1.10 bits per heavy atom. The molecular formula is C23H29ClN2O3. The molecule has 6 heteroatoms. The second-order valence-corrected chi connectivity index (χ2v) is 7.91. The molecule has 2 aromatic carbocycles. The summed E-state index contributed by atoms with van der Waals surface area (Å²) in [7, 11) is 0. The predicted octanol–water partition coefficient (Wildman–Crippen LogP) is 4.28. The van der Waals surface area contributed by atoms with Crippen molar-refractivity contribution >= 4 is 23.4 Å². The maximum Gasteiger partial charge on any atom is 0.261 e. The van der Waals surface area contributed by atoms with Crippen molar-refractivity contribution < 1.29 is 14.3 Å². The second kappa shape index (κ2) is 10.3. The molecule has 0 fully saturated rings. The molecule has 29 heavy (non-hydrogen) atoms. The third kappa shape index (κ3) is 6.50. The Balaban J connectivity index is 2.19. The van der Waals surface area contributed by atoms with Crippen molar-refractivity contribution in [1.29, 1.82) is 0 Å². The van der Waals surface area contributed by atoms with E-state index in [4.69, 9.17) is 16.3 Å². The quantitative estimate of drug-likeness (QED) is 0.698. The van der Waals surface area contributed by atoms with Gasteiger partial charge in [-0.1, -0.05) is 35.9 Å². The Morgan fingerprint density at radius 3 is 2.45 bits per heavy atom. The maximum atomic E-state index is 13.0. The van der Waals surface area contributed by atoms with Gasteiger partial charge in [-0.15, -0.1) is 0 Å². The number of nitrogens with one attached hydrogen (secondary N) is 1. The highest BCUT2D eigenvalue weighted by Crippen LogP contribution is 2.21. The van der Waals surface area contributed by atoms with Crippen molar-refractivity contribution in [2.75, 3.05) is 6.61 Å². The molecule has 0 radical (unpaired) electrons. The second-order valence-electron chi connectivity index (χ2n) is 7.48. The summed E-state index contributed by atoms with van der Waals surface area (Å²) in [6.45, 7) is 9.56. The molecule has 0 aliphatic heterocycles. The topological polar surface area (TPSA) is 58.6 Å². The lowest BCUT2D eigenvalue weighted by Gasteiger charge is -2.29. The van der Waals surface area contributed by atoms with E-state index in [1.165, 1.54) is 4.90 Å². The average molecular weight is 417 g/mol. The van der Waals surface area contributed by atoms with Crippen LogP contribution >= 0.6 is 11.6 Å². The van der Waals surface area contributed by atoms with Gasteiger partial charge in [0.2, 0.25) is 5.91 Å². The molecule has 0 aliphatic rings. The number of hydrogen-bond donors (Lipinski definition) is 1. The number of amides is 2. The molecule has 1 N–H and O–H groups in total. The number of halogens is 1. The Hall–Kier alpha value is -2.53. The van der Waals surface area contributed by atoms with Gasteiger partial charge in [0.1, 0.15) is 11.8 Å². The lowest BCUT2D eigenvalue weighted by Crippen LogP contribution is -2.50. The van der Waals surface area contributed by atoms with Crippen LogP contribution in [0.25, 0.3) is 0 Å². The molecular weight excluding hydrogens is 388 g/mol. The first-order chi connectivity index (χ1) is 13.7. The zero-order chi connectivity index (χ0) is 21.6. The van der Waals surface area contributed by atoms with E-state index >= 15 is 0 Å². The summed E-state index contributed by atoms with van der Waals surface area (Å²) in [6, 6.07) is 12.3. The van der Waals surface area contributed by atoms with Crippen molar-refractivity contribution in [2.45, 2.75) is 53.2 Å². The molecule has 2 rings (SSSR count). The van der Waals surface area contributed by atoms with E-state index in [9.17, 15) is 9.59 Å². The normalized spacial score (nSPS) is 11.8. The Bertz CT molecular complexity index is 867. The summed E-state index contributed by atoms with van der Waals surface area (Å²) in [5.41, 5.74) is 2.93. The van der Waals surface area contributed by atoms with Gasteiger partial charge in [0, 0.05) is 17.6 Å². The van der Waals surface area contributed by atoms with Crippen LogP contribution in [0.2, 0.25) is 5.02 Å². The Labute approximate surface area is 178 Å². The van der Waals surface area contributed by atoms with Crippen LogP contribution in [0, 0.1) is 13.8 Å². The average Bonchev–Trinajstić information content (AvgIpc) is 2.66. The number of carbonyl (C=O) groups is 2. The van der Waals surface area contributed by atoms with E-state index in [0.717, 1.165) is 16.7 Å². The molecule has 0 bridgehead atoms. The van der Waals surface area contributed by atoms with Crippen LogP contribution in [0.1, 0.15) is 37.5 Å². The van der Waals surface area contributed by atoms with Crippen LogP contribution in [0.15, 0.2) is 42.5 Å². The van der Waals surface area contributed by atoms with E-state index < -0.39 is 6.04 Å². The van der Waals surface area contributed by atoms with Crippen molar-refractivity contribution in [3.05, 3.63) is 64.2 Å². The fourth-order valence-electron chi connectivity index (χ4n) is 2.92. The summed E-state index contributed by atoms with van der Waals surface area (Å²) < 4.78 is 5.78. The van der Waals surface area contributed by atoms with Gasteiger partial charge in [0.05, 0.1) is 0 Å². The van der Waals surface area contributed by atoms with E-state index in [1.54, 1.807) is 19.1 Å². The van der Waals surface area contributed by atoms with Crippen molar-refractivity contribution in [2.24, 2.45) is 0 Å². The highest BCUT2D eigenvalue weighted by Gasteiger charge is 2.27. The number of benzene rings is 2. The molecule has 2 aromatic rings. The molecule has 2 amide bonds. The first kappa shape index (κ1) is 22.8. The number of rotatable bonds is 8. The highest BCUT2D eigenvalue weighted by molar-refractivity contribution is 6.30. The molecule has 0 spiro atoms. The molecule has 0 heterocycles. The van der Waals surface area contributed by atoms with Crippen molar-refractivity contribution in [3.8, 4) is 5.75 Å². The smallest absolute Gasteiger partial charge is 0.261 e. The van der Waals surface area contributed by atoms with E-state index in [-0.39, 0.29) is 31.0 Å². The van der Waals surface area contributed by atoms with Gasteiger partial charge in [-0.25, -0.2) is 0 Å². The van der Waals surface area contributed by atoms with Gasteiger partial charge in [0.15, 0.2) is 6.61 Å². The van der Waals surface area contributed by atoms with Gasteiger partial charge in [-0.2, -0.15) is 0 Å². The summed E-state index contributed by atoms with van der Waals surface area (Å²) in [5, 5.41) is 3.45. The van der Waals surface area contributed by atoms with Gasteiger partial charge in [0.25, 0.3) is 5.91 Å². The molecule has 0 saturated heterocycles. The Kier molecular flexibility index (Phi) is 8.09. The minimum atomic E-state index is -0.647. The molecule has 1 unspecified atom stereocenters. The van der Waals surface area contributed by atoms with Gasteiger partial charge in [-0.3, -0.25) is 9.59 Å². The number of ether oxygens (including phenoxy) is 1. The largest absolute Gasteiger partial charge is 0.483 e. The number of carbonyl (C=O) groups excluding carboxylic acids is 2. The third-order valence-electron chi connectivity index (χ3n) is 4.75. The van der Waals surface area contributed by atoms with E-state index in [1.807, 2.05) is 58.0 Å². The SMILES string of the molecule is Cc1cccc(OCC(=O)N(Cc2cccc(Cl)c2)C(C)C(=O)NC(C)C)c1C. The first-order valence-corrected chi connectivity index (χ1v) is 10.1. The van der Waals surface area contributed by atoms with Crippen LogP contribution < -0.4 is 10.1 Å². The van der Waals surface area contributed by atoms with E-state index in [0.29, 0.717) is 10.8 Å². The fraction of sp³-hybridized carbons (Fsp3) is 0.391. The van der Waals surface area contributed by atoms with Crippen LogP contribution in [0.5, 0.6) is 5.75 Å². The number of nitrogens with zero attached hydrogens (tertiary/aromatic N) is 1. The molecule has 0 aliphatic carbocycles. The molecule has 0 aromatic heterocycles. The van der Waals surface area contributed by atoms with Crippen LogP contribution in [-0.4, -0.2) is 35.4 Å². The summed E-state index contributed by atoms with van der Waals surface area (Å²) in [5.74, 6) is 0.194. The highest BCUT2D eigenvalue weighted by atomic mass is 35.5. The zero-order valence-corrected chi connectivity index (χ0v) is 18.4. The Morgan fingerprint density at radius 2 is 1.79 bits per heavy atom. The standard InChI is InChI=1S/C23H29ClN2O3/c1-15(2)25-23(28)18(5)26(13-19-9-7-10-20(24)12-19)22(27)14-29-21-11-6-8-16(3)17(21)4/h6-12,15,18H,13-14H2,1-5H3,(H,25,28). The maximum absolute atomic E-state index is 13.0. The van der Waals surface area contributed by atoms with Crippen molar-refractivity contribution in [1.82, 2.24) is 10.2 Å². The van der Waals surface area contributed by atoms with Gasteiger partial charge < -0.3 is 15.0 Å². The van der Waals surface area contributed by atoms with Crippen LogP contribution in [-0.2, 0) is 16.1 Å². The number of hydrogen-bond acceptors (Lipinski definition) is 3. The summed E-state index contributed by atoms with van der Waals surface area (Å²) >= 11 is 6.08. The zero-order valence-electron chi connectivity index (χ0n) is 17.7. The first-order valence-electron chi connectivity index (χ1n) is 9.72. The molecule has 0 saturated carbocycles. The number of aryl methyl sites for hydroxylation is 1. The molecule has 5 nitrogen and oxygen atoms in total. The minimum Gasteiger partial charge on any atom is -0.483 e. The molecule has 156 valence electrons. The third-order valence-corrected chi connectivity index (χ3v) is 4.98. The molecule has 1 atom stereocenters. The minimum absolute atomic E-state index is 0.0146. The summed E-state index contributed by atoms with van der Waals surface area (Å²) in [4.78, 5) is 27.1. The monoisotopic (exact) mass is 416 g/mol. The van der Waals surface area contributed by atoms with Crippen LogP contribution in [0.4, 0.5) is 0 Å².